The van der Waals surface area contributed by atoms with Crippen molar-refractivity contribution >= 4 is 11.6 Å². The molecule has 0 unspecified atom stereocenters. The van der Waals surface area contributed by atoms with Crippen LogP contribution < -0.4 is 10.1 Å². The van der Waals surface area contributed by atoms with Gasteiger partial charge < -0.3 is 15.2 Å². The third-order valence-corrected chi connectivity index (χ3v) is 3.36. The van der Waals surface area contributed by atoms with Crippen molar-refractivity contribution in [3.63, 3.8) is 0 Å². The number of rotatable bonds is 10. The fourth-order valence-corrected chi connectivity index (χ4v) is 1.88. The molecule has 4 nitrogen and oxygen atoms in total. The van der Waals surface area contributed by atoms with E-state index in [0.29, 0.717) is 0 Å². The van der Waals surface area contributed by atoms with Crippen LogP contribution in [0.4, 0.5) is 5.69 Å². The van der Waals surface area contributed by atoms with Crippen LogP contribution in [0, 0.1) is 5.92 Å². The maximum atomic E-state index is 11.6. The number of hydrogen-bond acceptors (Lipinski definition) is 3. The molecule has 1 rings (SSSR count). The van der Waals surface area contributed by atoms with Crippen LogP contribution in [0.25, 0.3) is 0 Å². The Hall–Kier alpha value is -1.55. The molecule has 0 heterocycles. The lowest BCUT2D eigenvalue weighted by molar-refractivity contribution is -0.120. The van der Waals surface area contributed by atoms with Crippen molar-refractivity contribution in [2.45, 2.75) is 46.0 Å². The van der Waals surface area contributed by atoms with Gasteiger partial charge in [0.2, 0.25) is 5.91 Å². The quantitative estimate of drug-likeness (QED) is 0.648. The van der Waals surface area contributed by atoms with Gasteiger partial charge in [0.1, 0.15) is 5.75 Å². The van der Waals surface area contributed by atoms with Crippen molar-refractivity contribution in [3.8, 4) is 5.75 Å². The number of hydrogen-bond donors (Lipinski definition) is 2. The minimum atomic E-state index is -0.399. The smallest absolute Gasteiger partial charge is 0.229 e. The van der Waals surface area contributed by atoms with E-state index in [1.54, 1.807) is 6.92 Å². The first-order valence-corrected chi connectivity index (χ1v) is 7.82. The van der Waals surface area contributed by atoms with Crippen LogP contribution >= 0.6 is 0 Å². The largest absolute Gasteiger partial charge is 0.494 e. The van der Waals surface area contributed by atoms with Crippen molar-refractivity contribution < 1.29 is 14.6 Å². The van der Waals surface area contributed by atoms with Crippen molar-refractivity contribution in [2.24, 2.45) is 5.92 Å². The standard InChI is InChI=1S/C17H27NO3/c1-3-4-5-6-7-12-21-16-10-8-15(9-11-16)18-17(20)14(2)13-19/h8-11,14,19H,3-7,12-13H2,1-2H3,(H,18,20)/t14-/m0/s1. The Bertz CT molecular complexity index is 403. The monoisotopic (exact) mass is 293 g/mol. The van der Waals surface area contributed by atoms with Crippen LogP contribution in [-0.4, -0.2) is 24.2 Å². The molecule has 0 aromatic heterocycles. The first kappa shape index (κ1) is 17.5. The number of amides is 1. The highest BCUT2D eigenvalue weighted by atomic mass is 16.5. The Morgan fingerprint density at radius 3 is 2.48 bits per heavy atom. The Balaban J connectivity index is 2.28. The number of benzene rings is 1. The molecular weight excluding hydrogens is 266 g/mol. The highest BCUT2D eigenvalue weighted by molar-refractivity contribution is 5.92. The van der Waals surface area contributed by atoms with Gasteiger partial charge in [-0.1, -0.05) is 39.5 Å². The van der Waals surface area contributed by atoms with Crippen molar-refractivity contribution in [1.29, 1.82) is 0 Å². The first-order chi connectivity index (χ1) is 10.2. The summed E-state index contributed by atoms with van der Waals surface area (Å²) in [5.41, 5.74) is 0.718. The molecule has 0 bridgehead atoms. The molecule has 0 aliphatic heterocycles. The number of aliphatic hydroxyl groups excluding tert-OH is 1. The topological polar surface area (TPSA) is 58.6 Å². The van der Waals surface area contributed by atoms with E-state index >= 15 is 0 Å². The molecule has 0 aliphatic rings. The molecule has 1 atom stereocenters. The maximum absolute atomic E-state index is 11.6. The summed E-state index contributed by atoms with van der Waals surface area (Å²) in [4.78, 5) is 11.6. The van der Waals surface area contributed by atoms with Gasteiger partial charge in [-0.3, -0.25) is 4.79 Å². The molecular formula is C17H27NO3. The average Bonchev–Trinajstić information content (AvgIpc) is 2.51. The number of nitrogens with one attached hydrogen (secondary N) is 1. The van der Waals surface area contributed by atoms with Gasteiger partial charge in [0.15, 0.2) is 0 Å². The number of carbonyl (C=O) groups excluding carboxylic acids is 1. The normalized spacial score (nSPS) is 12.0. The molecule has 0 fully saturated rings. The maximum Gasteiger partial charge on any atom is 0.229 e. The minimum Gasteiger partial charge on any atom is -0.494 e. The van der Waals surface area contributed by atoms with Crippen molar-refractivity contribution in [2.75, 3.05) is 18.5 Å². The summed E-state index contributed by atoms with van der Waals surface area (Å²) in [7, 11) is 0. The van der Waals surface area contributed by atoms with E-state index in [2.05, 4.69) is 12.2 Å². The van der Waals surface area contributed by atoms with Crippen LogP contribution in [0.2, 0.25) is 0 Å². The average molecular weight is 293 g/mol. The lowest BCUT2D eigenvalue weighted by atomic mass is 10.2. The molecule has 1 amide bonds. The Kier molecular flexibility index (Phi) is 8.51. The highest BCUT2D eigenvalue weighted by Crippen LogP contribution is 2.17. The molecule has 0 saturated carbocycles. The minimum absolute atomic E-state index is 0.148. The fraction of sp³-hybridized carbons (Fsp3) is 0.588. The molecule has 2 N–H and O–H groups in total. The number of ether oxygens (including phenoxy) is 1. The van der Waals surface area contributed by atoms with Gasteiger partial charge in [0, 0.05) is 5.69 Å². The number of unbranched alkanes of at least 4 members (excludes halogenated alkanes) is 4. The fourth-order valence-electron chi connectivity index (χ4n) is 1.88. The van der Waals surface area contributed by atoms with Gasteiger partial charge >= 0.3 is 0 Å². The van der Waals surface area contributed by atoms with Gasteiger partial charge in [-0.25, -0.2) is 0 Å². The van der Waals surface area contributed by atoms with Gasteiger partial charge in [0.25, 0.3) is 0 Å². The lowest BCUT2D eigenvalue weighted by Crippen LogP contribution is -2.22. The van der Waals surface area contributed by atoms with Crippen LogP contribution in [0.1, 0.15) is 46.0 Å². The van der Waals surface area contributed by atoms with Crippen LogP contribution in [0.5, 0.6) is 5.75 Å². The zero-order valence-corrected chi connectivity index (χ0v) is 13.1. The first-order valence-electron chi connectivity index (χ1n) is 7.82. The van der Waals surface area contributed by atoms with E-state index in [4.69, 9.17) is 9.84 Å². The second-order valence-corrected chi connectivity index (χ2v) is 5.36. The number of carbonyl (C=O) groups is 1. The molecule has 0 aliphatic carbocycles. The van der Waals surface area contributed by atoms with E-state index in [1.807, 2.05) is 24.3 Å². The summed E-state index contributed by atoms with van der Waals surface area (Å²) in [5, 5.41) is 11.7. The van der Waals surface area contributed by atoms with Crippen LogP contribution in [0.3, 0.4) is 0 Å². The van der Waals surface area contributed by atoms with Crippen LogP contribution in [0.15, 0.2) is 24.3 Å². The number of aliphatic hydroxyl groups is 1. The summed E-state index contributed by atoms with van der Waals surface area (Å²) in [5.74, 6) is 0.241. The summed E-state index contributed by atoms with van der Waals surface area (Å²) in [6, 6.07) is 7.33. The molecule has 4 heteroatoms. The second kappa shape index (κ2) is 10.2. The molecule has 0 saturated heterocycles. The van der Waals surface area contributed by atoms with E-state index in [9.17, 15) is 4.79 Å². The molecule has 21 heavy (non-hydrogen) atoms. The third kappa shape index (κ3) is 7.14. The lowest BCUT2D eigenvalue weighted by Gasteiger charge is -2.10. The summed E-state index contributed by atoms with van der Waals surface area (Å²) in [6.45, 7) is 4.48. The SMILES string of the molecule is CCCCCCCOc1ccc(NC(=O)[C@@H](C)CO)cc1. The predicted molar refractivity (Wildman–Crippen MR) is 85.6 cm³/mol. The summed E-state index contributed by atoms with van der Waals surface area (Å²) in [6.07, 6.45) is 6.10. The Morgan fingerprint density at radius 1 is 1.19 bits per heavy atom. The van der Waals surface area contributed by atoms with E-state index in [-0.39, 0.29) is 12.5 Å². The van der Waals surface area contributed by atoms with Gasteiger partial charge in [-0.15, -0.1) is 0 Å². The summed E-state index contributed by atoms with van der Waals surface area (Å²) >= 11 is 0. The predicted octanol–water partition coefficient (Wildman–Crippen LogP) is 3.60. The van der Waals surface area contributed by atoms with Gasteiger partial charge in [-0.2, -0.15) is 0 Å². The summed E-state index contributed by atoms with van der Waals surface area (Å²) < 4.78 is 5.66. The Morgan fingerprint density at radius 2 is 1.86 bits per heavy atom. The van der Waals surface area contributed by atoms with Gasteiger partial charge in [0.05, 0.1) is 19.1 Å². The van der Waals surface area contributed by atoms with E-state index in [1.165, 1.54) is 25.7 Å². The Labute approximate surface area is 127 Å². The third-order valence-electron chi connectivity index (χ3n) is 3.36. The number of anilines is 1. The molecule has 118 valence electrons. The molecule has 1 aromatic carbocycles. The van der Waals surface area contributed by atoms with Crippen molar-refractivity contribution in [3.05, 3.63) is 24.3 Å². The molecule has 0 radical (unpaired) electrons. The van der Waals surface area contributed by atoms with Crippen LogP contribution in [-0.2, 0) is 4.79 Å². The molecule has 1 aromatic rings. The zero-order chi connectivity index (χ0) is 15.5. The highest BCUT2D eigenvalue weighted by Gasteiger charge is 2.11. The zero-order valence-electron chi connectivity index (χ0n) is 13.1. The van der Waals surface area contributed by atoms with Gasteiger partial charge in [-0.05, 0) is 30.7 Å². The van der Waals surface area contributed by atoms with E-state index < -0.39 is 5.92 Å². The molecule has 0 spiro atoms. The van der Waals surface area contributed by atoms with Crippen molar-refractivity contribution in [1.82, 2.24) is 0 Å². The van der Waals surface area contributed by atoms with E-state index in [0.717, 1.165) is 24.5 Å². The second-order valence-electron chi connectivity index (χ2n) is 5.36.